The monoisotopic (exact) mass is 279 g/mol. The Morgan fingerprint density at radius 1 is 1.43 bits per heavy atom. The van der Waals surface area contributed by atoms with Crippen molar-refractivity contribution in [1.29, 1.82) is 0 Å². The van der Waals surface area contributed by atoms with Crippen molar-refractivity contribution >= 4 is 37.5 Å². The molecule has 0 fully saturated rings. The Morgan fingerprint density at radius 3 is 2.57 bits per heavy atom. The third-order valence-corrected chi connectivity index (χ3v) is 3.25. The van der Waals surface area contributed by atoms with Crippen LogP contribution in [0.25, 0.3) is 0 Å². The van der Waals surface area contributed by atoms with Crippen molar-refractivity contribution in [3.05, 3.63) is 22.7 Å². The number of nitrogen functional groups attached to an aromatic ring is 1. The Bertz CT molecular complexity index is 433. The minimum Gasteiger partial charge on any atom is -0.398 e. The molecule has 0 aromatic heterocycles. The SMILES string of the molecule is CNS(=O)(=O)Nc1ccc(N)c(Br)c1. The van der Waals surface area contributed by atoms with Crippen molar-refractivity contribution in [2.75, 3.05) is 17.5 Å². The van der Waals surface area contributed by atoms with Gasteiger partial charge in [0.2, 0.25) is 0 Å². The van der Waals surface area contributed by atoms with Crippen LogP contribution in [0.5, 0.6) is 0 Å². The number of anilines is 2. The zero-order valence-corrected chi connectivity index (χ0v) is 9.81. The van der Waals surface area contributed by atoms with Crippen LogP contribution in [0.4, 0.5) is 11.4 Å². The van der Waals surface area contributed by atoms with Crippen LogP contribution in [0.3, 0.4) is 0 Å². The third kappa shape index (κ3) is 2.86. The van der Waals surface area contributed by atoms with Crippen LogP contribution >= 0.6 is 15.9 Å². The molecule has 0 amide bonds. The molecule has 0 spiro atoms. The molecule has 0 aliphatic rings. The van der Waals surface area contributed by atoms with E-state index in [2.05, 4.69) is 25.4 Å². The molecule has 0 aliphatic carbocycles. The van der Waals surface area contributed by atoms with Crippen LogP contribution in [0, 0.1) is 0 Å². The second-order valence-corrected chi connectivity index (χ2v) is 5.02. The maximum absolute atomic E-state index is 11.1. The van der Waals surface area contributed by atoms with Crippen LogP contribution in [0.15, 0.2) is 22.7 Å². The van der Waals surface area contributed by atoms with Crippen molar-refractivity contribution in [3.8, 4) is 0 Å². The molecule has 0 heterocycles. The highest BCUT2D eigenvalue weighted by atomic mass is 79.9. The smallest absolute Gasteiger partial charge is 0.298 e. The van der Waals surface area contributed by atoms with Crippen LogP contribution in [-0.4, -0.2) is 15.5 Å². The van der Waals surface area contributed by atoms with E-state index in [1.54, 1.807) is 18.2 Å². The van der Waals surface area contributed by atoms with E-state index in [-0.39, 0.29) is 0 Å². The second kappa shape index (κ2) is 4.16. The molecule has 7 heteroatoms. The summed E-state index contributed by atoms with van der Waals surface area (Å²) in [7, 11) is -2.14. The summed E-state index contributed by atoms with van der Waals surface area (Å²) in [5.74, 6) is 0. The molecule has 78 valence electrons. The highest BCUT2D eigenvalue weighted by Crippen LogP contribution is 2.23. The second-order valence-electron chi connectivity index (χ2n) is 2.55. The van der Waals surface area contributed by atoms with E-state index < -0.39 is 10.2 Å². The number of hydrogen-bond acceptors (Lipinski definition) is 3. The van der Waals surface area contributed by atoms with Crippen molar-refractivity contribution in [1.82, 2.24) is 4.72 Å². The summed E-state index contributed by atoms with van der Waals surface area (Å²) in [5, 5.41) is 0. The first-order valence-electron chi connectivity index (χ1n) is 3.71. The molecule has 0 atom stereocenters. The first-order chi connectivity index (χ1) is 6.44. The van der Waals surface area contributed by atoms with Crippen LogP contribution < -0.4 is 15.2 Å². The number of hydrogen-bond donors (Lipinski definition) is 3. The third-order valence-electron chi connectivity index (χ3n) is 1.52. The minimum atomic E-state index is -3.46. The number of benzene rings is 1. The van der Waals surface area contributed by atoms with Gasteiger partial charge in [-0.05, 0) is 34.1 Å². The largest absolute Gasteiger partial charge is 0.398 e. The van der Waals surface area contributed by atoms with Gasteiger partial charge in [-0.15, -0.1) is 0 Å². The number of rotatable bonds is 3. The first-order valence-corrected chi connectivity index (χ1v) is 5.98. The molecule has 0 aliphatic heterocycles. The molecule has 1 aromatic carbocycles. The minimum absolute atomic E-state index is 0.445. The maximum atomic E-state index is 11.1. The quantitative estimate of drug-likeness (QED) is 0.719. The van der Waals surface area contributed by atoms with Gasteiger partial charge >= 0.3 is 0 Å². The van der Waals surface area contributed by atoms with Crippen molar-refractivity contribution in [2.24, 2.45) is 0 Å². The lowest BCUT2D eigenvalue weighted by Gasteiger charge is -2.07. The topological polar surface area (TPSA) is 84.2 Å². The van der Waals surface area contributed by atoms with E-state index in [1.165, 1.54) is 7.05 Å². The zero-order chi connectivity index (χ0) is 10.8. The summed E-state index contributed by atoms with van der Waals surface area (Å²) >= 11 is 3.20. The van der Waals surface area contributed by atoms with E-state index in [9.17, 15) is 8.42 Å². The van der Waals surface area contributed by atoms with Crippen molar-refractivity contribution in [2.45, 2.75) is 0 Å². The molecule has 1 aromatic rings. The van der Waals surface area contributed by atoms with Crippen molar-refractivity contribution < 1.29 is 8.42 Å². The van der Waals surface area contributed by atoms with Gasteiger partial charge in [-0.2, -0.15) is 8.42 Å². The molecular formula is C7H10BrN3O2S. The summed E-state index contributed by atoms with van der Waals surface area (Å²) in [6.07, 6.45) is 0. The Balaban J connectivity index is 2.94. The summed E-state index contributed by atoms with van der Waals surface area (Å²) in [6.45, 7) is 0. The summed E-state index contributed by atoms with van der Waals surface area (Å²) in [5.41, 5.74) is 6.54. The number of nitrogens with one attached hydrogen (secondary N) is 2. The predicted molar refractivity (Wildman–Crippen MR) is 60.2 cm³/mol. The van der Waals surface area contributed by atoms with Gasteiger partial charge in [-0.25, -0.2) is 4.72 Å². The lowest BCUT2D eigenvalue weighted by Crippen LogP contribution is -2.26. The summed E-state index contributed by atoms with van der Waals surface area (Å²) < 4.78 is 27.3. The van der Waals surface area contributed by atoms with Gasteiger partial charge in [-0.3, -0.25) is 4.72 Å². The molecule has 4 N–H and O–H groups in total. The van der Waals surface area contributed by atoms with E-state index in [1.807, 2.05) is 0 Å². The lowest BCUT2D eigenvalue weighted by molar-refractivity contribution is 0.593. The van der Waals surface area contributed by atoms with Crippen LogP contribution in [-0.2, 0) is 10.2 Å². The van der Waals surface area contributed by atoms with Crippen LogP contribution in [0.1, 0.15) is 0 Å². The van der Waals surface area contributed by atoms with E-state index >= 15 is 0 Å². The predicted octanol–water partition coefficient (Wildman–Crippen LogP) is 0.907. The molecule has 0 unspecified atom stereocenters. The molecule has 0 radical (unpaired) electrons. The van der Waals surface area contributed by atoms with Crippen molar-refractivity contribution in [3.63, 3.8) is 0 Å². The van der Waals surface area contributed by atoms with Gasteiger partial charge in [0.15, 0.2) is 0 Å². The molecule has 0 saturated carbocycles. The average Bonchev–Trinajstić information content (AvgIpc) is 2.11. The maximum Gasteiger partial charge on any atom is 0.298 e. The number of halogens is 1. The first kappa shape index (κ1) is 11.3. The van der Waals surface area contributed by atoms with Gasteiger partial charge in [-0.1, -0.05) is 0 Å². The fourth-order valence-corrected chi connectivity index (χ4v) is 1.71. The van der Waals surface area contributed by atoms with Gasteiger partial charge in [0.1, 0.15) is 0 Å². The average molecular weight is 280 g/mol. The molecule has 1 rings (SSSR count). The molecule has 14 heavy (non-hydrogen) atoms. The Hall–Kier alpha value is -0.790. The highest BCUT2D eigenvalue weighted by molar-refractivity contribution is 9.10. The fraction of sp³-hybridized carbons (Fsp3) is 0.143. The standard InChI is InChI=1S/C7H10BrN3O2S/c1-10-14(12,13)11-5-2-3-7(9)6(8)4-5/h2-4,10-11H,9H2,1H3. The van der Waals surface area contributed by atoms with E-state index in [0.717, 1.165) is 0 Å². The van der Waals surface area contributed by atoms with Gasteiger partial charge < -0.3 is 5.73 Å². The molecule has 0 saturated heterocycles. The number of nitrogens with two attached hydrogens (primary N) is 1. The normalized spacial score (nSPS) is 11.3. The van der Waals surface area contributed by atoms with Gasteiger partial charge in [0, 0.05) is 17.2 Å². The fourth-order valence-electron chi connectivity index (χ4n) is 0.797. The highest BCUT2D eigenvalue weighted by Gasteiger charge is 2.06. The van der Waals surface area contributed by atoms with Crippen LogP contribution in [0.2, 0.25) is 0 Å². The zero-order valence-electron chi connectivity index (χ0n) is 7.41. The molecular weight excluding hydrogens is 270 g/mol. The summed E-state index contributed by atoms with van der Waals surface area (Å²) in [6, 6.07) is 4.77. The Kier molecular flexibility index (Phi) is 3.35. The van der Waals surface area contributed by atoms with Gasteiger partial charge in [0.25, 0.3) is 10.2 Å². The van der Waals surface area contributed by atoms with Gasteiger partial charge in [0.05, 0.1) is 5.69 Å². The van der Waals surface area contributed by atoms with E-state index in [0.29, 0.717) is 15.8 Å². The lowest BCUT2D eigenvalue weighted by atomic mass is 10.3. The Morgan fingerprint density at radius 2 is 2.07 bits per heavy atom. The van der Waals surface area contributed by atoms with E-state index in [4.69, 9.17) is 5.73 Å². The Labute approximate surface area is 91.0 Å². The molecule has 0 bridgehead atoms. The molecule has 5 nitrogen and oxygen atoms in total. The summed E-state index contributed by atoms with van der Waals surface area (Å²) in [4.78, 5) is 0.